The van der Waals surface area contributed by atoms with Crippen molar-refractivity contribution in [3.8, 4) is 0 Å². The van der Waals surface area contributed by atoms with E-state index in [4.69, 9.17) is 5.11 Å². The third kappa shape index (κ3) is 7.70. The van der Waals surface area contributed by atoms with Crippen LogP contribution in [0.5, 0.6) is 0 Å². The second kappa shape index (κ2) is 9.64. The van der Waals surface area contributed by atoms with Gasteiger partial charge in [-0.15, -0.1) is 0 Å². The van der Waals surface area contributed by atoms with E-state index in [0.717, 1.165) is 19.3 Å². The number of amides is 2. The first-order valence-corrected chi connectivity index (χ1v) is 7.20. The van der Waals surface area contributed by atoms with E-state index in [1.807, 2.05) is 13.8 Å². The highest BCUT2D eigenvalue weighted by atomic mass is 16.4. The minimum atomic E-state index is -0.873. The molecule has 0 heterocycles. The number of rotatable bonds is 9. The zero-order chi connectivity index (χ0) is 14.8. The van der Waals surface area contributed by atoms with Gasteiger partial charge in [0.1, 0.15) is 0 Å². The second-order valence-electron chi connectivity index (χ2n) is 5.12. The van der Waals surface area contributed by atoms with Crippen LogP contribution in [-0.2, 0) is 4.79 Å². The lowest BCUT2D eigenvalue weighted by Crippen LogP contribution is -2.46. The minimum Gasteiger partial charge on any atom is -0.481 e. The Morgan fingerprint density at radius 3 is 2.32 bits per heavy atom. The molecule has 0 aromatic rings. The van der Waals surface area contributed by atoms with Gasteiger partial charge in [-0.2, -0.15) is 0 Å². The molecule has 2 unspecified atom stereocenters. The van der Waals surface area contributed by atoms with Crippen molar-refractivity contribution < 1.29 is 14.7 Å². The number of nitrogens with one attached hydrogen (secondary N) is 1. The van der Waals surface area contributed by atoms with Gasteiger partial charge >= 0.3 is 12.0 Å². The van der Waals surface area contributed by atoms with Crippen LogP contribution in [0.4, 0.5) is 4.79 Å². The summed E-state index contributed by atoms with van der Waals surface area (Å²) in [5, 5.41) is 11.8. The van der Waals surface area contributed by atoms with Crippen LogP contribution in [0.3, 0.4) is 0 Å². The van der Waals surface area contributed by atoms with Crippen molar-refractivity contribution in [3.05, 3.63) is 0 Å². The van der Waals surface area contributed by atoms with E-state index in [9.17, 15) is 9.59 Å². The first-order valence-electron chi connectivity index (χ1n) is 7.20. The molecular formula is C14H28N2O3. The molecule has 0 radical (unpaired) electrons. The fourth-order valence-electron chi connectivity index (χ4n) is 1.84. The number of aliphatic carboxylic acids is 1. The number of urea groups is 1. The van der Waals surface area contributed by atoms with Crippen LogP contribution in [0, 0.1) is 5.92 Å². The molecule has 0 saturated heterocycles. The van der Waals surface area contributed by atoms with Gasteiger partial charge in [-0.1, -0.05) is 33.1 Å². The second-order valence-corrected chi connectivity index (χ2v) is 5.12. The molecular weight excluding hydrogens is 244 g/mol. The number of carbonyl (C=O) groups excluding carboxylic acids is 1. The summed E-state index contributed by atoms with van der Waals surface area (Å²) in [5.41, 5.74) is 0. The third-order valence-electron chi connectivity index (χ3n) is 3.20. The van der Waals surface area contributed by atoms with Gasteiger partial charge < -0.3 is 15.3 Å². The van der Waals surface area contributed by atoms with Gasteiger partial charge in [-0.25, -0.2) is 4.79 Å². The van der Waals surface area contributed by atoms with E-state index in [2.05, 4.69) is 12.2 Å². The molecule has 2 atom stereocenters. The number of unbranched alkanes of at least 4 members (excludes halogenated alkanes) is 2. The average Bonchev–Trinajstić information content (AvgIpc) is 2.35. The number of hydrogen-bond acceptors (Lipinski definition) is 2. The highest BCUT2D eigenvalue weighted by Gasteiger charge is 2.20. The fraction of sp³-hybridized carbons (Fsp3) is 0.857. The van der Waals surface area contributed by atoms with Gasteiger partial charge in [0, 0.05) is 19.1 Å². The summed E-state index contributed by atoms with van der Waals surface area (Å²) in [5.74, 6) is -1.41. The Balaban J connectivity index is 4.16. The number of carbonyl (C=O) groups is 2. The molecule has 0 rings (SSSR count). The highest BCUT2D eigenvalue weighted by Crippen LogP contribution is 2.05. The Morgan fingerprint density at radius 1 is 1.21 bits per heavy atom. The van der Waals surface area contributed by atoms with Crippen molar-refractivity contribution in [2.24, 2.45) is 5.92 Å². The van der Waals surface area contributed by atoms with Crippen LogP contribution >= 0.6 is 0 Å². The summed E-state index contributed by atoms with van der Waals surface area (Å²) in [7, 11) is 0. The van der Waals surface area contributed by atoms with E-state index in [1.54, 1.807) is 11.8 Å². The van der Waals surface area contributed by atoms with E-state index in [1.165, 1.54) is 6.42 Å². The van der Waals surface area contributed by atoms with E-state index in [0.29, 0.717) is 6.54 Å². The zero-order valence-electron chi connectivity index (χ0n) is 12.6. The predicted octanol–water partition coefficient (Wildman–Crippen LogP) is 2.71. The molecule has 0 spiro atoms. The predicted molar refractivity (Wildman–Crippen MR) is 76.2 cm³/mol. The van der Waals surface area contributed by atoms with Crippen molar-refractivity contribution in [1.82, 2.24) is 10.2 Å². The van der Waals surface area contributed by atoms with Crippen LogP contribution in [0.25, 0.3) is 0 Å². The van der Waals surface area contributed by atoms with Crippen molar-refractivity contribution in [2.45, 2.75) is 59.4 Å². The Labute approximate surface area is 116 Å². The topological polar surface area (TPSA) is 69.6 Å². The molecule has 19 heavy (non-hydrogen) atoms. The first kappa shape index (κ1) is 17.7. The lowest BCUT2D eigenvalue weighted by Gasteiger charge is -2.25. The van der Waals surface area contributed by atoms with Crippen LogP contribution < -0.4 is 5.32 Å². The maximum atomic E-state index is 12.0. The van der Waals surface area contributed by atoms with Crippen molar-refractivity contribution in [2.75, 3.05) is 13.1 Å². The minimum absolute atomic E-state index is 0.133. The average molecular weight is 272 g/mol. The molecule has 0 aromatic heterocycles. The Hall–Kier alpha value is -1.26. The standard InChI is InChI=1S/C14H28N2O3/c1-5-7-8-9-12(4)15-14(19)16(6-2)10-11(3)13(17)18/h11-12H,5-10H2,1-4H3,(H,15,19)(H,17,18). The van der Waals surface area contributed by atoms with Crippen LogP contribution in [0.1, 0.15) is 53.4 Å². The summed E-state index contributed by atoms with van der Waals surface area (Å²) in [6.45, 7) is 8.38. The molecule has 0 aromatic carbocycles. The lowest BCUT2D eigenvalue weighted by molar-refractivity contribution is -0.141. The first-order chi connectivity index (χ1) is 8.92. The molecule has 0 bridgehead atoms. The van der Waals surface area contributed by atoms with Gasteiger partial charge in [0.25, 0.3) is 0 Å². The Morgan fingerprint density at radius 2 is 1.84 bits per heavy atom. The normalized spacial score (nSPS) is 13.7. The van der Waals surface area contributed by atoms with Gasteiger partial charge in [0.2, 0.25) is 0 Å². The molecule has 5 nitrogen and oxygen atoms in total. The SMILES string of the molecule is CCCCCC(C)NC(=O)N(CC)CC(C)C(=O)O. The van der Waals surface area contributed by atoms with Crippen LogP contribution in [-0.4, -0.2) is 41.1 Å². The zero-order valence-corrected chi connectivity index (χ0v) is 12.6. The molecule has 0 aliphatic carbocycles. The summed E-state index contributed by atoms with van der Waals surface area (Å²) in [6.07, 6.45) is 4.41. The number of carboxylic acids is 1. The molecule has 2 N–H and O–H groups in total. The van der Waals surface area contributed by atoms with Crippen LogP contribution in [0.2, 0.25) is 0 Å². The molecule has 5 heteroatoms. The van der Waals surface area contributed by atoms with Gasteiger partial charge in [0.15, 0.2) is 0 Å². The van der Waals surface area contributed by atoms with Gasteiger partial charge in [-0.05, 0) is 20.3 Å². The smallest absolute Gasteiger partial charge is 0.317 e. The monoisotopic (exact) mass is 272 g/mol. The van der Waals surface area contributed by atoms with E-state index in [-0.39, 0.29) is 18.6 Å². The van der Waals surface area contributed by atoms with Crippen LogP contribution in [0.15, 0.2) is 0 Å². The summed E-state index contributed by atoms with van der Waals surface area (Å²) in [4.78, 5) is 24.4. The number of carboxylic acid groups (broad SMARTS) is 1. The van der Waals surface area contributed by atoms with Crippen molar-refractivity contribution in [1.29, 1.82) is 0 Å². The lowest BCUT2D eigenvalue weighted by atomic mass is 10.1. The largest absolute Gasteiger partial charge is 0.481 e. The summed E-state index contributed by atoms with van der Waals surface area (Å²) >= 11 is 0. The third-order valence-corrected chi connectivity index (χ3v) is 3.20. The summed E-state index contributed by atoms with van der Waals surface area (Å²) in [6, 6.07) is -0.0344. The van der Waals surface area contributed by atoms with Crippen molar-refractivity contribution >= 4 is 12.0 Å². The van der Waals surface area contributed by atoms with Gasteiger partial charge in [0.05, 0.1) is 5.92 Å². The molecule has 0 aliphatic rings. The molecule has 0 saturated carbocycles. The summed E-state index contributed by atoms with van der Waals surface area (Å²) < 4.78 is 0. The molecule has 0 fully saturated rings. The molecule has 0 aliphatic heterocycles. The highest BCUT2D eigenvalue weighted by molar-refractivity contribution is 5.76. The number of nitrogens with zero attached hydrogens (tertiary/aromatic N) is 1. The Kier molecular flexibility index (Phi) is 9.00. The maximum Gasteiger partial charge on any atom is 0.317 e. The maximum absolute atomic E-state index is 12.0. The van der Waals surface area contributed by atoms with Gasteiger partial charge in [-0.3, -0.25) is 4.79 Å². The van der Waals surface area contributed by atoms with E-state index < -0.39 is 11.9 Å². The molecule has 2 amide bonds. The van der Waals surface area contributed by atoms with E-state index >= 15 is 0 Å². The Bertz CT molecular complexity index is 282. The van der Waals surface area contributed by atoms with Crippen molar-refractivity contribution in [3.63, 3.8) is 0 Å². The fourth-order valence-corrected chi connectivity index (χ4v) is 1.84. The molecule has 112 valence electrons. The quantitative estimate of drug-likeness (QED) is 0.634. The number of hydrogen-bond donors (Lipinski definition) is 2.